The zero-order valence-electron chi connectivity index (χ0n) is 18.2. The van der Waals surface area contributed by atoms with Gasteiger partial charge in [0, 0.05) is 31.7 Å². The Morgan fingerprint density at radius 2 is 1.97 bits per heavy atom. The van der Waals surface area contributed by atoms with Gasteiger partial charge in [-0.2, -0.15) is 5.10 Å². The molecule has 0 saturated heterocycles. The van der Waals surface area contributed by atoms with Crippen LogP contribution in [0, 0.1) is 0 Å². The molecule has 164 valence electrons. The van der Waals surface area contributed by atoms with Crippen molar-refractivity contribution in [2.24, 2.45) is 4.99 Å². The van der Waals surface area contributed by atoms with E-state index in [0.29, 0.717) is 19.0 Å². The average Bonchev–Trinajstić information content (AvgIpc) is 3.31. The number of aromatic nitrogens is 3. The molecule has 8 nitrogen and oxygen atoms in total. The lowest BCUT2D eigenvalue weighted by Crippen LogP contribution is -2.39. The Morgan fingerprint density at radius 3 is 2.65 bits per heavy atom. The van der Waals surface area contributed by atoms with Gasteiger partial charge < -0.3 is 20.5 Å². The van der Waals surface area contributed by atoms with Gasteiger partial charge in [-0.15, -0.1) is 0 Å². The molecule has 0 bridgehead atoms. The van der Waals surface area contributed by atoms with E-state index in [9.17, 15) is 5.11 Å². The summed E-state index contributed by atoms with van der Waals surface area (Å²) in [5.74, 6) is 2.18. The third-order valence-electron chi connectivity index (χ3n) is 4.41. The Bertz CT molecular complexity index is 954. The number of aliphatic imine (C=N–C) groups is 1. The molecule has 1 unspecified atom stereocenters. The van der Waals surface area contributed by atoms with Crippen LogP contribution in [0.2, 0.25) is 0 Å². The molecule has 1 atom stereocenters. The highest BCUT2D eigenvalue weighted by atomic mass is 16.5. The van der Waals surface area contributed by atoms with Crippen molar-refractivity contribution in [3.63, 3.8) is 0 Å². The summed E-state index contributed by atoms with van der Waals surface area (Å²) >= 11 is 0. The van der Waals surface area contributed by atoms with Crippen molar-refractivity contribution in [1.82, 2.24) is 25.4 Å². The molecule has 0 fully saturated rings. The maximum Gasteiger partial charge on any atom is 0.191 e. The first-order valence-corrected chi connectivity index (χ1v) is 10.5. The first-order valence-electron chi connectivity index (χ1n) is 10.5. The van der Waals surface area contributed by atoms with E-state index in [1.54, 1.807) is 17.1 Å². The summed E-state index contributed by atoms with van der Waals surface area (Å²) in [6.45, 7) is 7.51. The highest BCUT2D eigenvalue weighted by molar-refractivity contribution is 5.79. The molecular weight excluding hydrogens is 392 g/mol. The number of rotatable bonds is 9. The number of aliphatic hydroxyl groups excluding tert-OH is 1. The zero-order valence-corrected chi connectivity index (χ0v) is 18.2. The minimum absolute atomic E-state index is 0.118. The van der Waals surface area contributed by atoms with Crippen molar-refractivity contribution >= 4 is 5.96 Å². The second-order valence-corrected chi connectivity index (χ2v) is 7.30. The van der Waals surface area contributed by atoms with Gasteiger partial charge in [0.05, 0.1) is 18.8 Å². The molecule has 0 saturated carbocycles. The van der Waals surface area contributed by atoms with E-state index >= 15 is 0 Å². The Labute approximate surface area is 183 Å². The van der Waals surface area contributed by atoms with Crippen molar-refractivity contribution in [2.75, 3.05) is 13.1 Å². The molecule has 8 heteroatoms. The maximum absolute atomic E-state index is 10.5. The van der Waals surface area contributed by atoms with Gasteiger partial charge in [0.15, 0.2) is 11.8 Å². The van der Waals surface area contributed by atoms with Crippen LogP contribution in [-0.4, -0.2) is 45.0 Å². The lowest BCUT2D eigenvalue weighted by molar-refractivity contribution is 0.180. The first kappa shape index (κ1) is 22.3. The standard InChI is InChI=1S/C23H30N6O2/c1-4-24-23(26-15-18-10-12-25-22(14-18)29-13-5-11-28-29)27-16-21(30)19-6-8-20(9-7-19)31-17(2)3/h5-14,17,21,30H,4,15-16H2,1-3H3,(H2,24,26,27). The minimum Gasteiger partial charge on any atom is -0.491 e. The smallest absolute Gasteiger partial charge is 0.191 e. The highest BCUT2D eigenvalue weighted by Gasteiger charge is 2.09. The van der Waals surface area contributed by atoms with Crippen LogP contribution < -0.4 is 15.4 Å². The molecule has 0 aliphatic rings. The number of guanidine groups is 1. The molecule has 3 N–H and O–H groups in total. The number of hydrogen-bond donors (Lipinski definition) is 3. The van der Waals surface area contributed by atoms with Gasteiger partial charge in [0.1, 0.15) is 5.75 Å². The minimum atomic E-state index is -0.663. The van der Waals surface area contributed by atoms with Gasteiger partial charge in [-0.05, 0) is 62.2 Å². The summed E-state index contributed by atoms with van der Waals surface area (Å²) in [5.41, 5.74) is 1.83. The van der Waals surface area contributed by atoms with Gasteiger partial charge in [-0.1, -0.05) is 12.1 Å². The quantitative estimate of drug-likeness (QED) is 0.362. The second-order valence-electron chi connectivity index (χ2n) is 7.30. The third-order valence-corrected chi connectivity index (χ3v) is 4.41. The van der Waals surface area contributed by atoms with Crippen LogP contribution in [0.25, 0.3) is 5.82 Å². The summed E-state index contributed by atoms with van der Waals surface area (Å²) in [6.07, 6.45) is 4.77. The molecule has 1 aromatic carbocycles. The highest BCUT2D eigenvalue weighted by Crippen LogP contribution is 2.18. The topological polar surface area (TPSA) is 96.6 Å². The number of ether oxygens (including phenoxy) is 1. The van der Waals surface area contributed by atoms with Crippen LogP contribution >= 0.6 is 0 Å². The van der Waals surface area contributed by atoms with Gasteiger partial charge in [0.2, 0.25) is 0 Å². The van der Waals surface area contributed by atoms with E-state index in [4.69, 9.17) is 4.74 Å². The van der Waals surface area contributed by atoms with E-state index in [-0.39, 0.29) is 6.10 Å². The van der Waals surface area contributed by atoms with E-state index in [0.717, 1.165) is 29.2 Å². The molecule has 0 spiro atoms. The van der Waals surface area contributed by atoms with Crippen LogP contribution in [0.15, 0.2) is 66.0 Å². The summed E-state index contributed by atoms with van der Waals surface area (Å²) in [5, 5.41) is 21.2. The number of benzene rings is 1. The fraction of sp³-hybridized carbons (Fsp3) is 0.348. The van der Waals surface area contributed by atoms with Crippen molar-refractivity contribution in [1.29, 1.82) is 0 Å². The van der Waals surface area contributed by atoms with E-state index in [1.807, 2.05) is 69.4 Å². The first-order chi connectivity index (χ1) is 15.0. The van der Waals surface area contributed by atoms with Gasteiger partial charge >= 0.3 is 0 Å². The number of nitrogens with one attached hydrogen (secondary N) is 2. The second kappa shape index (κ2) is 11.1. The molecule has 2 heterocycles. The largest absolute Gasteiger partial charge is 0.491 e. The predicted molar refractivity (Wildman–Crippen MR) is 121 cm³/mol. The summed E-state index contributed by atoms with van der Waals surface area (Å²) < 4.78 is 7.36. The maximum atomic E-state index is 10.5. The Hall–Kier alpha value is -3.39. The third kappa shape index (κ3) is 6.82. The molecule has 2 aromatic heterocycles. The average molecular weight is 423 g/mol. The normalized spacial score (nSPS) is 12.6. The lowest BCUT2D eigenvalue weighted by Gasteiger charge is -2.16. The predicted octanol–water partition coefficient (Wildman–Crippen LogP) is 2.84. The van der Waals surface area contributed by atoms with Crippen LogP contribution in [0.4, 0.5) is 0 Å². The fourth-order valence-electron chi connectivity index (χ4n) is 2.95. The lowest BCUT2D eigenvalue weighted by atomic mass is 10.1. The van der Waals surface area contributed by atoms with Crippen LogP contribution in [-0.2, 0) is 6.54 Å². The number of hydrogen-bond acceptors (Lipinski definition) is 5. The molecule has 0 amide bonds. The van der Waals surface area contributed by atoms with Gasteiger partial charge in [-0.3, -0.25) is 0 Å². The Balaban J connectivity index is 1.59. The number of nitrogens with zero attached hydrogens (tertiary/aromatic N) is 4. The van der Waals surface area contributed by atoms with Crippen molar-refractivity contribution < 1.29 is 9.84 Å². The SMILES string of the molecule is CCNC(=NCc1ccnc(-n2cccn2)c1)NCC(O)c1ccc(OC(C)C)cc1. The van der Waals surface area contributed by atoms with Crippen LogP contribution in [0.3, 0.4) is 0 Å². The fourth-order valence-corrected chi connectivity index (χ4v) is 2.95. The van der Waals surface area contributed by atoms with Crippen LogP contribution in [0.5, 0.6) is 5.75 Å². The molecular formula is C23H30N6O2. The number of aliphatic hydroxyl groups is 1. The van der Waals surface area contributed by atoms with Crippen molar-refractivity contribution in [2.45, 2.75) is 39.5 Å². The van der Waals surface area contributed by atoms with E-state index < -0.39 is 6.10 Å². The molecule has 0 aliphatic carbocycles. The Morgan fingerprint density at radius 1 is 1.16 bits per heavy atom. The van der Waals surface area contributed by atoms with Crippen molar-refractivity contribution in [3.05, 3.63) is 72.2 Å². The summed E-state index contributed by atoms with van der Waals surface area (Å²) in [4.78, 5) is 8.96. The van der Waals surface area contributed by atoms with E-state index in [2.05, 4.69) is 25.7 Å². The van der Waals surface area contributed by atoms with Gasteiger partial charge in [-0.25, -0.2) is 14.7 Å². The van der Waals surface area contributed by atoms with E-state index in [1.165, 1.54) is 0 Å². The zero-order chi connectivity index (χ0) is 22.1. The van der Waals surface area contributed by atoms with Crippen LogP contribution in [0.1, 0.15) is 38.0 Å². The molecule has 0 radical (unpaired) electrons. The summed E-state index contributed by atoms with van der Waals surface area (Å²) in [6, 6.07) is 13.2. The monoisotopic (exact) mass is 422 g/mol. The summed E-state index contributed by atoms with van der Waals surface area (Å²) in [7, 11) is 0. The Kier molecular flexibility index (Phi) is 8.00. The molecule has 0 aliphatic heterocycles. The molecule has 3 aromatic rings. The molecule has 3 rings (SSSR count). The van der Waals surface area contributed by atoms with Crippen molar-refractivity contribution in [3.8, 4) is 11.6 Å². The number of pyridine rings is 1. The van der Waals surface area contributed by atoms with Gasteiger partial charge in [0.25, 0.3) is 0 Å². The molecule has 31 heavy (non-hydrogen) atoms.